The Bertz CT molecular complexity index is 858. The van der Waals surface area contributed by atoms with Crippen LogP contribution in [0, 0.1) is 5.82 Å². The quantitative estimate of drug-likeness (QED) is 0.741. The maximum Gasteiger partial charge on any atom is 0.325 e. The summed E-state index contributed by atoms with van der Waals surface area (Å²) in [6, 6.07) is 14.8. The van der Waals surface area contributed by atoms with Gasteiger partial charge in [0.1, 0.15) is 12.4 Å². The molecule has 1 aromatic heterocycles. The number of anilines is 2. The van der Waals surface area contributed by atoms with Gasteiger partial charge in [0.15, 0.2) is 5.82 Å². The summed E-state index contributed by atoms with van der Waals surface area (Å²) in [4.78, 5) is 20.2. The van der Waals surface area contributed by atoms with Crippen LogP contribution in [0.4, 0.5) is 20.7 Å². The van der Waals surface area contributed by atoms with Crippen LogP contribution in [0.2, 0.25) is 0 Å². The number of urea groups is 1. The van der Waals surface area contributed by atoms with E-state index in [0.29, 0.717) is 0 Å². The lowest BCUT2D eigenvalue weighted by Crippen LogP contribution is -2.21. The van der Waals surface area contributed by atoms with Gasteiger partial charge in [-0.1, -0.05) is 42.5 Å². The van der Waals surface area contributed by atoms with E-state index in [-0.39, 0.29) is 24.0 Å². The van der Waals surface area contributed by atoms with Crippen molar-refractivity contribution < 1.29 is 13.9 Å². The molecule has 0 unspecified atom stereocenters. The zero-order chi connectivity index (χ0) is 17.5. The lowest BCUT2D eigenvalue weighted by Gasteiger charge is -2.11. The molecule has 1 heterocycles. The summed E-state index contributed by atoms with van der Waals surface area (Å²) in [6.45, 7) is 0.281. The fraction of sp³-hybridized carbons (Fsp3) is 0.0556. The third-order valence-corrected chi connectivity index (χ3v) is 3.24. The fourth-order valence-corrected chi connectivity index (χ4v) is 2.07. The predicted octanol–water partition coefficient (Wildman–Crippen LogP) is 3.84. The minimum Gasteiger partial charge on any atom is -0.470 e. The number of rotatable bonds is 5. The number of para-hydroxylation sites is 1. The Morgan fingerprint density at radius 1 is 0.960 bits per heavy atom. The van der Waals surface area contributed by atoms with Crippen molar-refractivity contribution in [2.24, 2.45) is 0 Å². The maximum absolute atomic E-state index is 13.6. The van der Waals surface area contributed by atoms with Crippen molar-refractivity contribution in [2.75, 3.05) is 10.6 Å². The van der Waals surface area contributed by atoms with E-state index in [1.165, 1.54) is 30.6 Å². The predicted molar refractivity (Wildman–Crippen MR) is 91.8 cm³/mol. The van der Waals surface area contributed by atoms with Crippen molar-refractivity contribution in [3.8, 4) is 5.88 Å². The molecule has 0 fully saturated rings. The molecular weight excluding hydrogens is 323 g/mol. The van der Waals surface area contributed by atoms with Gasteiger partial charge in [-0.3, -0.25) is 5.32 Å². The summed E-state index contributed by atoms with van der Waals surface area (Å²) in [5.41, 5.74) is 1.02. The number of hydrogen-bond donors (Lipinski definition) is 2. The van der Waals surface area contributed by atoms with Gasteiger partial charge < -0.3 is 10.1 Å². The number of benzene rings is 2. The minimum absolute atomic E-state index is 0.0654. The van der Waals surface area contributed by atoms with Crippen LogP contribution in [0.5, 0.6) is 5.88 Å². The molecule has 3 rings (SSSR count). The Kier molecular flexibility index (Phi) is 5.16. The molecule has 2 aromatic carbocycles. The number of carbonyl (C=O) groups is 1. The number of amides is 2. The van der Waals surface area contributed by atoms with Crippen LogP contribution in [0.25, 0.3) is 0 Å². The van der Waals surface area contributed by atoms with Crippen molar-refractivity contribution in [1.82, 2.24) is 9.97 Å². The first kappa shape index (κ1) is 16.4. The van der Waals surface area contributed by atoms with E-state index in [9.17, 15) is 9.18 Å². The average molecular weight is 338 g/mol. The third-order valence-electron chi connectivity index (χ3n) is 3.24. The summed E-state index contributed by atoms with van der Waals surface area (Å²) in [5.74, 6) is -0.209. The van der Waals surface area contributed by atoms with Crippen LogP contribution in [0.15, 0.2) is 67.0 Å². The highest BCUT2D eigenvalue weighted by Gasteiger charge is 2.12. The molecule has 0 atom stereocenters. The second kappa shape index (κ2) is 7.87. The van der Waals surface area contributed by atoms with Gasteiger partial charge in [-0.25, -0.2) is 19.2 Å². The first-order valence-electron chi connectivity index (χ1n) is 7.52. The molecule has 0 aliphatic rings. The summed E-state index contributed by atoms with van der Waals surface area (Å²) < 4.78 is 19.2. The molecule has 0 aliphatic carbocycles. The lowest BCUT2D eigenvalue weighted by atomic mass is 10.2. The van der Waals surface area contributed by atoms with Crippen molar-refractivity contribution in [3.05, 3.63) is 78.4 Å². The van der Waals surface area contributed by atoms with E-state index < -0.39 is 11.8 Å². The normalized spacial score (nSPS) is 10.1. The van der Waals surface area contributed by atoms with Gasteiger partial charge in [-0.05, 0) is 17.7 Å². The highest BCUT2D eigenvalue weighted by atomic mass is 19.1. The Morgan fingerprint density at radius 3 is 2.48 bits per heavy atom. The first-order valence-corrected chi connectivity index (χ1v) is 7.52. The Hall–Kier alpha value is -3.48. The van der Waals surface area contributed by atoms with Crippen LogP contribution in [-0.2, 0) is 6.61 Å². The number of hydrogen-bond acceptors (Lipinski definition) is 4. The highest BCUT2D eigenvalue weighted by molar-refractivity contribution is 5.99. The molecule has 6 nitrogen and oxygen atoms in total. The molecule has 25 heavy (non-hydrogen) atoms. The molecule has 0 saturated carbocycles. The van der Waals surface area contributed by atoms with Crippen LogP contribution >= 0.6 is 0 Å². The molecule has 0 aliphatic heterocycles. The summed E-state index contributed by atoms with van der Waals surface area (Å²) in [6.07, 6.45) is 2.88. The van der Waals surface area contributed by atoms with Gasteiger partial charge in [0.05, 0.1) is 5.69 Å². The average Bonchev–Trinajstić information content (AvgIpc) is 2.64. The Morgan fingerprint density at radius 2 is 1.68 bits per heavy atom. The van der Waals surface area contributed by atoms with Crippen molar-refractivity contribution in [3.63, 3.8) is 0 Å². The summed E-state index contributed by atoms with van der Waals surface area (Å²) in [7, 11) is 0. The number of ether oxygens (including phenoxy) is 1. The maximum atomic E-state index is 13.6. The largest absolute Gasteiger partial charge is 0.470 e. The van der Waals surface area contributed by atoms with E-state index in [4.69, 9.17) is 4.74 Å². The molecule has 2 N–H and O–H groups in total. The first-order chi connectivity index (χ1) is 12.2. The number of nitrogens with zero attached hydrogens (tertiary/aromatic N) is 2. The van der Waals surface area contributed by atoms with Crippen LogP contribution < -0.4 is 15.4 Å². The smallest absolute Gasteiger partial charge is 0.325 e. The zero-order valence-electron chi connectivity index (χ0n) is 13.1. The number of halogens is 1. The highest BCUT2D eigenvalue weighted by Crippen LogP contribution is 2.20. The van der Waals surface area contributed by atoms with Crippen LogP contribution in [0.3, 0.4) is 0 Å². The molecule has 126 valence electrons. The lowest BCUT2D eigenvalue weighted by molar-refractivity contribution is 0.261. The van der Waals surface area contributed by atoms with E-state index in [2.05, 4.69) is 20.6 Å². The minimum atomic E-state index is -0.643. The second-order valence-electron chi connectivity index (χ2n) is 5.04. The van der Waals surface area contributed by atoms with Crippen LogP contribution in [0.1, 0.15) is 5.56 Å². The van der Waals surface area contributed by atoms with Crippen molar-refractivity contribution >= 4 is 17.5 Å². The Labute approximate surface area is 143 Å². The van der Waals surface area contributed by atoms with E-state index in [1.807, 2.05) is 30.3 Å². The SMILES string of the molecule is O=C(Nc1ccccc1F)Nc1nccnc1OCc1ccccc1. The third kappa shape index (κ3) is 4.51. The number of aromatic nitrogens is 2. The Balaban J connectivity index is 1.66. The van der Waals surface area contributed by atoms with Crippen molar-refractivity contribution in [1.29, 1.82) is 0 Å². The van der Waals surface area contributed by atoms with E-state index >= 15 is 0 Å². The molecule has 2 amide bonds. The van der Waals surface area contributed by atoms with Gasteiger partial charge in [-0.15, -0.1) is 0 Å². The molecule has 7 heteroatoms. The van der Waals surface area contributed by atoms with Gasteiger partial charge in [0.2, 0.25) is 0 Å². The topological polar surface area (TPSA) is 76.1 Å². The van der Waals surface area contributed by atoms with Gasteiger partial charge >= 0.3 is 6.03 Å². The molecule has 0 bridgehead atoms. The summed E-state index contributed by atoms with van der Waals surface area (Å²) in [5, 5.41) is 4.92. The van der Waals surface area contributed by atoms with Gasteiger partial charge in [0, 0.05) is 12.4 Å². The second-order valence-corrected chi connectivity index (χ2v) is 5.04. The monoisotopic (exact) mass is 338 g/mol. The number of nitrogens with one attached hydrogen (secondary N) is 2. The molecule has 0 spiro atoms. The van der Waals surface area contributed by atoms with Crippen LogP contribution in [-0.4, -0.2) is 16.0 Å². The zero-order valence-corrected chi connectivity index (χ0v) is 13.1. The van der Waals surface area contributed by atoms with Crippen molar-refractivity contribution in [2.45, 2.75) is 6.61 Å². The van der Waals surface area contributed by atoms with E-state index in [0.717, 1.165) is 5.56 Å². The number of carbonyl (C=O) groups excluding carboxylic acids is 1. The van der Waals surface area contributed by atoms with Gasteiger partial charge in [-0.2, -0.15) is 0 Å². The standard InChI is InChI=1S/C18H15FN4O2/c19-14-8-4-5-9-15(14)22-18(24)23-16-17(21-11-10-20-16)25-12-13-6-2-1-3-7-13/h1-11H,12H2,(H2,20,22,23,24). The molecule has 0 radical (unpaired) electrons. The van der Waals surface area contributed by atoms with Gasteiger partial charge in [0.25, 0.3) is 5.88 Å². The molecule has 0 saturated heterocycles. The fourth-order valence-electron chi connectivity index (χ4n) is 2.07. The van der Waals surface area contributed by atoms with E-state index in [1.54, 1.807) is 6.07 Å². The molecule has 3 aromatic rings. The molecular formula is C18H15FN4O2. The summed E-state index contributed by atoms with van der Waals surface area (Å²) >= 11 is 0.